The number of rotatable bonds is 6. The zero-order valence-electron chi connectivity index (χ0n) is 24.6. The summed E-state index contributed by atoms with van der Waals surface area (Å²) in [6.07, 6.45) is 6.41. The number of nitrogens with one attached hydrogen (secondary N) is 1. The first-order chi connectivity index (χ1) is 20.6. The monoisotopic (exact) mass is 607 g/mol. The van der Waals surface area contributed by atoms with E-state index in [2.05, 4.69) is 20.1 Å². The minimum absolute atomic E-state index is 0.0784. The van der Waals surface area contributed by atoms with Gasteiger partial charge < -0.3 is 19.9 Å². The van der Waals surface area contributed by atoms with Gasteiger partial charge in [0, 0.05) is 50.1 Å². The molecule has 2 aromatic carbocycles. The minimum atomic E-state index is -3.64. The number of pyridine rings is 2. The van der Waals surface area contributed by atoms with Crippen molar-refractivity contribution in [2.24, 2.45) is 0 Å². The van der Waals surface area contributed by atoms with Crippen LogP contribution in [0.5, 0.6) is 0 Å². The number of aryl methyl sites for hydroxylation is 1. The molecule has 2 saturated heterocycles. The van der Waals surface area contributed by atoms with Crippen LogP contribution in [0.1, 0.15) is 30.4 Å². The van der Waals surface area contributed by atoms with Crippen molar-refractivity contribution < 1.29 is 21.9 Å². The first-order valence-corrected chi connectivity index (χ1v) is 16.4. The molecule has 2 aromatic heterocycles. The quantitative estimate of drug-likeness (QED) is 0.279. The molecular formula is C32H35F2N5O3S. The number of morpholine rings is 1. The molecule has 0 radical (unpaired) electrons. The van der Waals surface area contributed by atoms with Gasteiger partial charge in [-0.05, 0) is 56.9 Å². The van der Waals surface area contributed by atoms with E-state index in [4.69, 9.17) is 9.72 Å². The Hall–Kier alpha value is -3.83. The summed E-state index contributed by atoms with van der Waals surface area (Å²) in [6.45, 7) is 7.90. The summed E-state index contributed by atoms with van der Waals surface area (Å²) in [5.41, 5.74) is 4.16. The Labute approximate surface area is 250 Å². The Balaban J connectivity index is 1.58. The van der Waals surface area contributed by atoms with E-state index in [-0.39, 0.29) is 15.8 Å². The standard InChI is InChI=1S/C32H35F2N5O3S/c1-20-7-8-28(43(3,40)41)24(15-20)30-21(2)31(29-25(34)16-22(33)17-26(29)36-30)37-27-18-23(38-9-5-4-6-10-38)19-35-32(27)39-11-13-42-14-12-39/h7-8,15-19H,4-6,9-14H2,1-3H3,(H,36,37). The average molecular weight is 608 g/mol. The number of anilines is 4. The van der Waals surface area contributed by atoms with Gasteiger partial charge in [0.25, 0.3) is 0 Å². The van der Waals surface area contributed by atoms with Gasteiger partial charge in [0.15, 0.2) is 15.7 Å². The lowest BCUT2D eigenvalue weighted by molar-refractivity contribution is 0.122. The molecule has 2 aliphatic heterocycles. The first kappa shape index (κ1) is 29.3. The third-order valence-corrected chi connectivity index (χ3v) is 9.33. The Morgan fingerprint density at radius 2 is 1.67 bits per heavy atom. The smallest absolute Gasteiger partial charge is 0.176 e. The number of ether oxygens (including phenoxy) is 1. The van der Waals surface area contributed by atoms with E-state index in [0.717, 1.165) is 49.5 Å². The molecule has 0 unspecified atom stereocenters. The molecule has 6 rings (SSSR count). The molecule has 0 bridgehead atoms. The van der Waals surface area contributed by atoms with Crippen LogP contribution >= 0.6 is 0 Å². The fraction of sp³-hybridized carbons (Fsp3) is 0.375. The summed E-state index contributed by atoms with van der Waals surface area (Å²) in [6, 6.07) is 9.06. The van der Waals surface area contributed by atoms with E-state index >= 15 is 4.39 Å². The van der Waals surface area contributed by atoms with Crippen LogP contribution in [0, 0.1) is 25.5 Å². The van der Waals surface area contributed by atoms with Crippen LogP contribution in [0.15, 0.2) is 47.5 Å². The van der Waals surface area contributed by atoms with Gasteiger partial charge in [0.05, 0.1) is 58.0 Å². The SMILES string of the molecule is Cc1ccc(S(C)(=O)=O)c(-c2nc3cc(F)cc(F)c3c(Nc3cc(N4CCCCC4)cnc3N3CCOCC3)c2C)c1. The Kier molecular flexibility index (Phi) is 7.95. The zero-order chi connectivity index (χ0) is 30.3. The number of hydrogen-bond acceptors (Lipinski definition) is 8. The third-order valence-electron chi connectivity index (χ3n) is 8.18. The maximum absolute atomic E-state index is 15.6. The molecule has 0 aliphatic carbocycles. The van der Waals surface area contributed by atoms with Crippen molar-refractivity contribution in [3.63, 3.8) is 0 Å². The van der Waals surface area contributed by atoms with Gasteiger partial charge in [-0.2, -0.15) is 0 Å². The number of benzene rings is 2. The molecule has 0 amide bonds. The van der Waals surface area contributed by atoms with Gasteiger partial charge in [-0.1, -0.05) is 11.6 Å². The molecule has 0 atom stereocenters. The molecule has 4 heterocycles. The lowest BCUT2D eigenvalue weighted by atomic mass is 9.99. The molecule has 2 aliphatic rings. The predicted octanol–water partition coefficient (Wildman–Crippen LogP) is 6.17. The molecule has 0 spiro atoms. The normalized spacial score (nSPS) is 16.1. The molecule has 4 aromatic rings. The third kappa shape index (κ3) is 5.88. The molecule has 1 N–H and O–H groups in total. The highest BCUT2D eigenvalue weighted by atomic mass is 32.2. The highest BCUT2D eigenvalue weighted by Crippen LogP contribution is 2.41. The second-order valence-corrected chi connectivity index (χ2v) is 13.3. The molecule has 43 heavy (non-hydrogen) atoms. The van der Waals surface area contributed by atoms with Crippen LogP contribution in [0.2, 0.25) is 0 Å². The maximum atomic E-state index is 15.6. The number of fused-ring (bicyclic) bond motifs is 1. The topological polar surface area (TPSA) is 87.7 Å². The number of nitrogens with zero attached hydrogens (tertiary/aromatic N) is 4. The van der Waals surface area contributed by atoms with Gasteiger partial charge >= 0.3 is 0 Å². The molecular weight excluding hydrogens is 572 g/mol. The summed E-state index contributed by atoms with van der Waals surface area (Å²) in [5.74, 6) is -0.834. The van der Waals surface area contributed by atoms with Crippen molar-refractivity contribution >= 4 is 43.6 Å². The molecule has 226 valence electrons. The van der Waals surface area contributed by atoms with Crippen molar-refractivity contribution in [2.45, 2.75) is 38.0 Å². The summed E-state index contributed by atoms with van der Waals surface area (Å²) >= 11 is 0. The largest absolute Gasteiger partial charge is 0.378 e. The summed E-state index contributed by atoms with van der Waals surface area (Å²) in [5, 5.41) is 3.60. The zero-order valence-corrected chi connectivity index (χ0v) is 25.4. The highest BCUT2D eigenvalue weighted by Gasteiger charge is 2.25. The van der Waals surface area contributed by atoms with Crippen LogP contribution in [0.25, 0.3) is 22.2 Å². The van der Waals surface area contributed by atoms with Crippen molar-refractivity contribution in [3.05, 3.63) is 65.4 Å². The van der Waals surface area contributed by atoms with E-state index in [1.807, 2.05) is 19.2 Å². The lowest BCUT2D eigenvalue weighted by Gasteiger charge is -2.32. The van der Waals surface area contributed by atoms with Crippen LogP contribution < -0.4 is 15.1 Å². The second-order valence-electron chi connectivity index (χ2n) is 11.4. The van der Waals surface area contributed by atoms with Crippen molar-refractivity contribution in [1.29, 1.82) is 0 Å². The number of halogens is 2. The van der Waals surface area contributed by atoms with Crippen LogP contribution in [0.4, 0.5) is 31.7 Å². The van der Waals surface area contributed by atoms with Gasteiger partial charge in [0.1, 0.15) is 11.6 Å². The van der Waals surface area contributed by atoms with E-state index in [1.54, 1.807) is 25.1 Å². The summed E-state index contributed by atoms with van der Waals surface area (Å²) < 4.78 is 61.4. The number of aromatic nitrogens is 2. The number of sulfone groups is 1. The maximum Gasteiger partial charge on any atom is 0.176 e. The fourth-order valence-electron chi connectivity index (χ4n) is 6.00. The Morgan fingerprint density at radius 3 is 2.40 bits per heavy atom. The predicted molar refractivity (Wildman–Crippen MR) is 166 cm³/mol. The van der Waals surface area contributed by atoms with Crippen molar-refractivity contribution in [3.8, 4) is 11.3 Å². The minimum Gasteiger partial charge on any atom is -0.378 e. The van der Waals surface area contributed by atoms with Gasteiger partial charge in [-0.25, -0.2) is 27.2 Å². The van der Waals surface area contributed by atoms with Gasteiger partial charge in [-0.3, -0.25) is 0 Å². The molecule has 8 nitrogen and oxygen atoms in total. The lowest BCUT2D eigenvalue weighted by Crippen LogP contribution is -2.37. The van der Waals surface area contributed by atoms with Gasteiger partial charge in [-0.15, -0.1) is 0 Å². The summed E-state index contributed by atoms with van der Waals surface area (Å²) in [7, 11) is -3.64. The molecule has 0 saturated carbocycles. The number of hydrogen-bond donors (Lipinski definition) is 1. The average Bonchev–Trinajstić information content (AvgIpc) is 2.98. The first-order valence-electron chi connectivity index (χ1n) is 14.6. The Bertz CT molecular complexity index is 1800. The van der Waals surface area contributed by atoms with Crippen molar-refractivity contribution in [1.82, 2.24) is 9.97 Å². The highest BCUT2D eigenvalue weighted by molar-refractivity contribution is 7.90. The van der Waals surface area contributed by atoms with E-state index in [1.165, 1.54) is 12.5 Å². The Morgan fingerprint density at radius 1 is 0.930 bits per heavy atom. The van der Waals surface area contributed by atoms with Gasteiger partial charge in [0.2, 0.25) is 0 Å². The van der Waals surface area contributed by atoms with Crippen LogP contribution in [-0.4, -0.2) is 64.0 Å². The van der Waals surface area contributed by atoms with Crippen LogP contribution in [0.3, 0.4) is 0 Å². The number of piperidine rings is 1. The van der Waals surface area contributed by atoms with E-state index < -0.39 is 21.5 Å². The van der Waals surface area contributed by atoms with E-state index in [9.17, 15) is 12.8 Å². The van der Waals surface area contributed by atoms with E-state index in [0.29, 0.717) is 60.3 Å². The fourth-order valence-corrected chi connectivity index (χ4v) is 6.87. The second kappa shape index (κ2) is 11.7. The molecule has 11 heteroatoms. The van der Waals surface area contributed by atoms with Crippen molar-refractivity contribution in [2.75, 3.05) is 60.8 Å². The molecule has 2 fully saturated rings. The van der Waals surface area contributed by atoms with Crippen LogP contribution in [-0.2, 0) is 14.6 Å². The summed E-state index contributed by atoms with van der Waals surface area (Å²) in [4.78, 5) is 14.1.